The zero-order valence-corrected chi connectivity index (χ0v) is 12.1. The quantitative estimate of drug-likeness (QED) is 0.590. The molecule has 0 unspecified atom stereocenters. The number of ether oxygens (including phenoxy) is 2. The zero-order chi connectivity index (χ0) is 14.1. The summed E-state index contributed by atoms with van der Waals surface area (Å²) in [6.07, 6.45) is 1.08. The lowest BCUT2D eigenvalue weighted by Gasteiger charge is -2.13. The lowest BCUT2D eigenvalue weighted by Crippen LogP contribution is -2.13. The molecule has 0 radical (unpaired) electrons. The molecule has 0 aliphatic heterocycles. The molecule has 0 saturated carbocycles. The summed E-state index contributed by atoms with van der Waals surface area (Å²) in [5.41, 5.74) is 1.76. The van der Waals surface area contributed by atoms with E-state index in [1.54, 1.807) is 7.11 Å². The first-order valence-corrected chi connectivity index (χ1v) is 6.79. The van der Waals surface area contributed by atoms with Gasteiger partial charge in [0.05, 0.1) is 12.3 Å². The number of anilines is 1. The van der Waals surface area contributed by atoms with Gasteiger partial charge in [0.1, 0.15) is 12.4 Å². The number of carbonyl (C=O) groups excluding carboxylic acids is 1. The Bertz CT molecular complexity index is 410. The van der Waals surface area contributed by atoms with Crippen LogP contribution in [0.4, 0.5) is 5.69 Å². The maximum atomic E-state index is 11.7. The van der Waals surface area contributed by atoms with Crippen LogP contribution in [-0.2, 0) is 9.53 Å². The molecular formula is C14H20ClNO3. The number of methoxy groups -OCH3 is 1. The summed E-state index contributed by atoms with van der Waals surface area (Å²) >= 11 is 5.57. The van der Waals surface area contributed by atoms with Gasteiger partial charge in [0.15, 0.2) is 0 Å². The molecule has 0 fully saturated rings. The van der Waals surface area contributed by atoms with E-state index in [0.29, 0.717) is 43.4 Å². The van der Waals surface area contributed by atoms with E-state index in [0.717, 1.165) is 5.56 Å². The average Bonchev–Trinajstić information content (AvgIpc) is 2.39. The van der Waals surface area contributed by atoms with Gasteiger partial charge in [0.2, 0.25) is 5.91 Å². The molecule has 0 aliphatic carbocycles. The Hall–Kier alpha value is -1.26. The topological polar surface area (TPSA) is 47.6 Å². The van der Waals surface area contributed by atoms with Crippen LogP contribution in [0.1, 0.15) is 18.4 Å². The van der Waals surface area contributed by atoms with Crippen molar-refractivity contribution in [1.29, 1.82) is 0 Å². The van der Waals surface area contributed by atoms with Crippen molar-refractivity contribution in [1.82, 2.24) is 0 Å². The molecule has 0 aliphatic rings. The fourth-order valence-corrected chi connectivity index (χ4v) is 1.66. The van der Waals surface area contributed by atoms with Crippen molar-refractivity contribution >= 4 is 23.2 Å². The third-order valence-electron chi connectivity index (χ3n) is 2.49. The molecule has 0 heterocycles. The van der Waals surface area contributed by atoms with E-state index >= 15 is 0 Å². The standard InChI is InChI=1S/C14H20ClNO3/c1-11-5-6-12(16-14(17)4-3-7-15)13(10-11)19-9-8-18-2/h5-6,10H,3-4,7-9H2,1-2H3,(H,16,17). The van der Waals surface area contributed by atoms with Crippen molar-refractivity contribution in [2.24, 2.45) is 0 Å². The Morgan fingerprint density at radius 2 is 2.16 bits per heavy atom. The number of carbonyl (C=O) groups is 1. The predicted molar refractivity (Wildman–Crippen MR) is 77.1 cm³/mol. The second-order valence-electron chi connectivity index (χ2n) is 4.18. The predicted octanol–water partition coefficient (Wildman–Crippen LogP) is 2.98. The number of hydrogen-bond acceptors (Lipinski definition) is 3. The Labute approximate surface area is 119 Å². The van der Waals surface area contributed by atoms with Gasteiger partial charge in [0.25, 0.3) is 0 Å². The molecule has 0 bridgehead atoms. The lowest BCUT2D eigenvalue weighted by atomic mass is 10.2. The van der Waals surface area contributed by atoms with Crippen LogP contribution in [0.15, 0.2) is 18.2 Å². The molecular weight excluding hydrogens is 266 g/mol. The molecule has 1 N–H and O–H groups in total. The Kier molecular flexibility index (Phi) is 7.30. The third kappa shape index (κ3) is 5.94. The van der Waals surface area contributed by atoms with Gasteiger partial charge in [-0.3, -0.25) is 4.79 Å². The highest BCUT2D eigenvalue weighted by molar-refractivity contribution is 6.18. The second-order valence-corrected chi connectivity index (χ2v) is 4.56. The van der Waals surface area contributed by atoms with Gasteiger partial charge < -0.3 is 14.8 Å². The van der Waals surface area contributed by atoms with Crippen molar-refractivity contribution < 1.29 is 14.3 Å². The molecule has 0 saturated heterocycles. The summed E-state index contributed by atoms with van der Waals surface area (Å²) in [5, 5.41) is 2.84. The number of halogens is 1. The van der Waals surface area contributed by atoms with Crippen LogP contribution in [0.5, 0.6) is 5.75 Å². The van der Waals surface area contributed by atoms with E-state index < -0.39 is 0 Å². The third-order valence-corrected chi connectivity index (χ3v) is 2.76. The number of nitrogens with one attached hydrogen (secondary N) is 1. The number of amides is 1. The molecule has 0 aromatic heterocycles. The summed E-state index contributed by atoms with van der Waals surface area (Å²) in [6, 6.07) is 5.67. The largest absolute Gasteiger partial charge is 0.489 e. The van der Waals surface area contributed by atoms with Gasteiger partial charge in [-0.25, -0.2) is 0 Å². The molecule has 0 atom stereocenters. The average molecular weight is 286 g/mol. The number of benzene rings is 1. The highest BCUT2D eigenvalue weighted by Crippen LogP contribution is 2.26. The normalized spacial score (nSPS) is 10.3. The van der Waals surface area contributed by atoms with Crippen LogP contribution >= 0.6 is 11.6 Å². The first kappa shape index (κ1) is 15.8. The van der Waals surface area contributed by atoms with E-state index in [1.165, 1.54) is 0 Å². The fourth-order valence-electron chi connectivity index (χ4n) is 1.53. The SMILES string of the molecule is COCCOc1cc(C)ccc1NC(=O)CCCCl. The van der Waals surface area contributed by atoms with E-state index in [9.17, 15) is 4.79 Å². The van der Waals surface area contributed by atoms with Crippen LogP contribution in [0.25, 0.3) is 0 Å². The van der Waals surface area contributed by atoms with Crippen molar-refractivity contribution in [3.63, 3.8) is 0 Å². The molecule has 5 heteroatoms. The van der Waals surface area contributed by atoms with E-state index in [4.69, 9.17) is 21.1 Å². The minimum absolute atomic E-state index is 0.0545. The van der Waals surface area contributed by atoms with Gasteiger partial charge in [-0.05, 0) is 31.0 Å². The molecule has 1 amide bonds. The molecule has 1 rings (SSSR count). The Morgan fingerprint density at radius 3 is 2.84 bits per heavy atom. The van der Waals surface area contributed by atoms with Crippen molar-refractivity contribution in [3.8, 4) is 5.75 Å². The van der Waals surface area contributed by atoms with Crippen molar-refractivity contribution in [2.45, 2.75) is 19.8 Å². The Morgan fingerprint density at radius 1 is 1.37 bits per heavy atom. The van der Waals surface area contributed by atoms with Crippen LogP contribution in [0.3, 0.4) is 0 Å². The van der Waals surface area contributed by atoms with Crippen LogP contribution < -0.4 is 10.1 Å². The number of aryl methyl sites for hydroxylation is 1. The summed E-state index contributed by atoms with van der Waals surface area (Å²) in [6.45, 7) is 2.93. The van der Waals surface area contributed by atoms with Crippen LogP contribution in [0, 0.1) is 6.92 Å². The maximum absolute atomic E-state index is 11.7. The minimum Gasteiger partial charge on any atom is -0.489 e. The number of alkyl halides is 1. The molecule has 1 aromatic rings. The zero-order valence-electron chi connectivity index (χ0n) is 11.4. The first-order valence-electron chi connectivity index (χ1n) is 6.25. The maximum Gasteiger partial charge on any atom is 0.224 e. The first-order chi connectivity index (χ1) is 9.17. The van der Waals surface area contributed by atoms with Gasteiger partial charge in [-0.1, -0.05) is 6.07 Å². The van der Waals surface area contributed by atoms with Crippen molar-refractivity contribution in [3.05, 3.63) is 23.8 Å². The molecule has 4 nitrogen and oxygen atoms in total. The van der Waals surface area contributed by atoms with Gasteiger partial charge in [-0.2, -0.15) is 0 Å². The summed E-state index contributed by atoms with van der Waals surface area (Å²) in [7, 11) is 1.62. The molecule has 1 aromatic carbocycles. The Balaban J connectivity index is 2.67. The molecule has 106 valence electrons. The van der Waals surface area contributed by atoms with Gasteiger partial charge in [-0.15, -0.1) is 11.6 Å². The minimum atomic E-state index is -0.0545. The fraction of sp³-hybridized carbons (Fsp3) is 0.500. The van der Waals surface area contributed by atoms with E-state index in [1.807, 2.05) is 25.1 Å². The van der Waals surface area contributed by atoms with E-state index in [2.05, 4.69) is 5.32 Å². The second kappa shape index (κ2) is 8.77. The highest BCUT2D eigenvalue weighted by atomic mass is 35.5. The number of hydrogen-bond donors (Lipinski definition) is 1. The number of rotatable bonds is 8. The van der Waals surface area contributed by atoms with Gasteiger partial charge >= 0.3 is 0 Å². The summed E-state index contributed by atoms with van der Waals surface area (Å²) in [4.78, 5) is 11.7. The van der Waals surface area contributed by atoms with Crippen molar-refractivity contribution in [2.75, 3.05) is 31.5 Å². The lowest BCUT2D eigenvalue weighted by molar-refractivity contribution is -0.116. The van der Waals surface area contributed by atoms with Gasteiger partial charge in [0, 0.05) is 19.4 Å². The van der Waals surface area contributed by atoms with Crippen LogP contribution in [-0.4, -0.2) is 32.1 Å². The van der Waals surface area contributed by atoms with E-state index in [-0.39, 0.29) is 5.91 Å². The summed E-state index contributed by atoms with van der Waals surface area (Å²) in [5.74, 6) is 1.09. The summed E-state index contributed by atoms with van der Waals surface area (Å²) < 4.78 is 10.5. The molecule has 0 spiro atoms. The molecule has 19 heavy (non-hydrogen) atoms. The monoisotopic (exact) mass is 285 g/mol. The smallest absolute Gasteiger partial charge is 0.224 e. The van der Waals surface area contributed by atoms with Crippen LogP contribution in [0.2, 0.25) is 0 Å². The highest BCUT2D eigenvalue weighted by Gasteiger charge is 2.08.